The second kappa shape index (κ2) is 5.64. The molecule has 2 rings (SSSR count). The summed E-state index contributed by atoms with van der Waals surface area (Å²) in [5.41, 5.74) is 1.31. The van der Waals surface area contributed by atoms with Crippen molar-refractivity contribution < 1.29 is 4.79 Å². The number of pyridine rings is 1. The average Bonchev–Trinajstić information content (AvgIpc) is 2.82. The Bertz CT molecular complexity index is 533. The van der Waals surface area contributed by atoms with E-state index in [0.717, 1.165) is 13.0 Å². The summed E-state index contributed by atoms with van der Waals surface area (Å²) >= 11 is 0. The van der Waals surface area contributed by atoms with E-state index in [2.05, 4.69) is 15.2 Å². The summed E-state index contributed by atoms with van der Waals surface area (Å²) in [6.07, 6.45) is 6.35. The number of fused-ring (bicyclic) bond motifs is 1. The molecule has 0 radical (unpaired) electrons. The number of carbonyl (C=O) groups is 1. The fourth-order valence-electron chi connectivity index (χ4n) is 1.82. The van der Waals surface area contributed by atoms with Gasteiger partial charge in [0.15, 0.2) is 0 Å². The molecule has 2 aromatic rings. The van der Waals surface area contributed by atoms with Crippen LogP contribution < -0.4 is 5.32 Å². The molecule has 0 unspecified atom stereocenters. The Morgan fingerprint density at radius 3 is 3.06 bits per heavy atom. The van der Waals surface area contributed by atoms with Crippen molar-refractivity contribution in [2.45, 2.75) is 6.42 Å². The molecular formula is C13H18N4O. The molecule has 0 spiro atoms. The monoisotopic (exact) mass is 246 g/mol. The van der Waals surface area contributed by atoms with Crippen molar-refractivity contribution in [1.29, 1.82) is 0 Å². The van der Waals surface area contributed by atoms with Crippen LogP contribution in [0.4, 0.5) is 0 Å². The molecular weight excluding hydrogens is 228 g/mol. The van der Waals surface area contributed by atoms with Gasteiger partial charge in [-0.15, -0.1) is 0 Å². The van der Waals surface area contributed by atoms with Gasteiger partial charge >= 0.3 is 0 Å². The van der Waals surface area contributed by atoms with E-state index < -0.39 is 0 Å². The highest BCUT2D eigenvalue weighted by Crippen LogP contribution is 2.08. The second-order valence-electron chi connectivity index (χ2n) is 4.49. The average molecular weight is 246 g/mol. The summed E-state index contributed by atoms with van der Waals surface area (Å²) in [5.74, 6) is -0.0643. The SMILES string of the molecule is CN(C)CCCNC(=O)c1cccn2ccnc12. The topological polar surface area (TPSA) is 49.6 Å². The fraction of sp³-hybridized carbons (Fsp3) is 0.385. The summed E-state index contributed by atoms with van der Waals surface area (Å²) in [5, 5.41) is 2.92. The van der Waals surface area contributed by atoms with Crippen LogP contribution in [0.25, 0.3) is 5.65 Å². The molecule has 5 nitrogen and oxygen atoms in total. The number of nitrogens with one attached hydrogen (secondary N) is 1. The highest BCUT2D eigenvalue weighted by atomic mass is 16.1. The van der Waals surface area contributed by atoms with Crippen LogP contribution in [0.3, 0.4) is 0 Å². The van der Waals surface area contributed by atoms with Gasteiger partial charge in [-0.05, 0) is 39.2 Å². The van der Waals surface area contributed by atoms with E-state index in [1.165, 1.54) is 0 Å². The summed E-state index contributed by atoms with van der Waals surface area (Å²) in [6, 6.07) is 3.65. The molecule has 0 saturated heterocycles. The highest BCUT2D eigenvalue weighted by molar-refractivity contribution is 5.99. The molecule has 18 heavy (non-hydrogen) atoms. The molecule has 1 amide bonds. The van der Waals surface area contributed by atoms with Crippen LogP contribution in [0.2, 0.25) is 0 Å². The van der Waals surface area contributed by atoms with Gasteiger partial charge in [-0.3, -0.25) is 4.79 Å². The van der Waals surface area contributed by atoms with Gasteiger partial charge in [0.1, 0.15) is 5.65 Å². The lowest BCUT2D eigenvalue weighted by Crippen LogP contribution is -2.27. The molecule has 0 fully saturated rings. The lowest BCUT2D eigenvalue weighted by atomic mass is 10.2. The van der Waals surface area contributed by atoms with Crippen LogP contribution in [0.15, 0.2) is 30.7 Å². The number of rotatable bonds is 5. The second-order valence-corrected chi connectivity index (χ2v) is 4.49. The first-order valence-corrected chi connectivity index (χ1v) is 6.03. The summed E-state index contributed by atoms with van der Waals surface area (Å²) in [4.78, 5) is 18.3. The Labute approximate surface area is 106 Å². The van der Waals surface area contributed by atoms with E-state index in [9.17, 15) is 4.79 Å². The van der Waals surface area contributed by atoms with Crippen molar-refractivity contribution in [3.05, 3.63) is 36.3 Å². The molecule has 0 saturated carbocycles. The van der Waals surface area contributed by atoms with Crippen LogP contribution in [-0.4, -0.2) is 47.4 Å². The third-order valence-corrected chi connectivity index (χ3v) is 2.73. The third-order valence-electron chi connectivity index (χ3n) is 2.73. The van der Waals surface area contributed by atoms with Gasteiger partial charge in [0.05, 0.1) is 5.56 Å². The van der Waals surface area contributed by atoms with Crippen LogP contribution in [0.5, 0.6) is 0 Å². The minimum absolute atomic E-state index is 0.0643. The van der Waals surface area contributed by atoms with Crippen molar-refractivity contribution in [2.75, 3.05) is 27.2 Å². The molecule has 0 aliphatic heterocycles. The first-order valence-electron chi connectivity index (χ1n) is 6.03. The maximum absolute atomic E-state index is 12.0. The van der Waals surface area contributed by atoms with Crippen molar-refractivity contribution in [3.63, 3.8) is 0 Å². The van der Waals surface area contributed by atoms with Crippen molar-refractivity contribution >= 4 is 11.6 Å². The molecule has 0 atom stereocenters. The largest absolute Gasteiger partial charge is 0.352 e. The first-order chi connectivity index (χ1) is 8.68. The lowest BCUT2D eigenvalue weighted by Gasteiger charge is -2.10. The zero-order valence-electron chi connectivity index (χ0n) is 10.8. The van der Waals surface area contributed by atoms with E-state index in [1.807, 2.05) is 37.0 Å². The van der Waals surface area contributed by atoms with Crippen molar-refractivity contribution in [2.24, 2.45) is 0 Å². The fourth-order valence-corrected chi connectivity index (χ4v) is 1.82. The Balaban J connectivity index is 1.98. The maximum Gasteiger partial charge on any atom is 0.255 e. The van der Waals surface area contributed by atoms with Gasteiger partial charge in [0, 0.05) is 25.1 Å². The Kier molecular flexibility index (Phi) is 3.94. The van der Waals surface area contributed by atoms with Crippen LogP contribution >= 0.6 is 0 Å². The van der Waals surface area contributed by atoms with E-state index >= 15 is 0 Å². The van der Waals surface area contributed by atoms with Crippen LogP contribution in [0, 0.1) is 0 Å². The van der Waals surface area contributed by atoms with Gasteiger partial charge in [-0.2, -0.15) is 0 Å². The number of aromatic nitrogens is 2. The number of imidazole rings is 1. The molecule has 0 aromatic carbocycles. The normalized spacial score (nSPS) is 11.1. The maximum atomic E-state index is 12.0. The number of hydrogen-bond acceptors (Lipinski definition) is 3. The van der Waals surface area contributed by atoms with Crippen molar-refractivity contribution in [1.82, 2.24) is 19.6 Å². The smallest absolute Gasteiger partial charge is 0.255 e. The van der Waals surface area contributed by atoms with E-state index in [1.54, 1.807) is 12.3 Å². The number of hydrogen-bond donors (Lipinski definition) is 1. The first kappa shape index (κ1) is 12.6. The molecule has 1 N–H and O–H groups in total. The zero-order chi connectivity index (χ0) is 13.0. The summed E-state index contributed by atoms with van der Waals surface area (Å²) in [7, 11) is 4.04. The van der Waals surface area contributed by atoms with Gasteiger partial charge in [-0.1, -0.05) is 0 Å². The third kappa shape index (κ3) is 2.87. The van der Waals surface area contributed by atoms with Crippen LogP contribution in [-0.2, 0) is 0 Å². The summed E-state index contributed by atoms with van der Waals surface area (Å²) in [6.45, 7) is 1.65. The van der Waals surface area contributed by atoms with E-state index in [0.29, 0.717) is 17.8 Å². The lowest BCUT2D eigenvalue weighted by molar-refractivity contribution is 0.0953. The predicted octanol–water partition coefficient (Wildman–Crippen LogP) is 1.02. The van der Waals surface area contributed by atoms with Gasteiger partial charge in [0.2, 0.25) is 0 Å². The van der Waals surface area contributed by atoms with E-state index in [4.69, 9.17) is 0 Å². The highest BCUT2D eigenvalue weighted by Gasteiger charge is 2.10. The van der Waals surface area contributed by atoms with Gasteiger partial charge in [-0.25, -0.2) is 4.98 Å². The molecule has 0 aliphatic carbocycles. The zero-order valence-corrected chi connectivity index (χ0v) is 10.8. The molecule has 96 valence electrons. The predicted molar refractivity (Wildman–Crippen MR) is 70.7 cm³/mol. The molecule has 0 aliphatic rings. The Hall–Kier alpha value is -1.88. The number of amides is 1. The molecule has 2 aromatic heterocycles. The quantitative estimate of drug-likeness (QED) is 0.801. The Morgan fingerprint density at radius 1 is 1.44 bits per heavy atom. The van der Waals surface area contributed by atoms with Crippen LogP contribution in [0.1, 0.15) is 16.8 Å². The molecule has 2 heterocycles. The number of nitrogens with zero attached hydrogens (tertiary/aromatic N) is 3. The minimum atomic E-state index is -0.0643. The molecule has 0 bridgehead atoms. The number of carbonyl (C=O) groups excluding carboxylic acids is 1. The van der Waals surface area contributed by atoms with Crippen molar-refractivity contribution in [3.8, 4) is 0 Å². The molecule has 5 heteroatoms. The van der Waals surface area contributed by atoms with Gasteiger partial charge in [0.25, 0.3) is 5.91 Å². The van der Waals surface area contributed by atoms with E-state index in [-0.39, 0.29) is 5.91 Å². The summed E-state index contributed by atoms with van der Waals surface area (Å²) < 4.78 is 1.84. The van der Waals surface area contributed by atoms with Gasteiger partial charge < -0.3 is 14.6 Å². The standard InChI is InChI=1S/C13H18N4O/c1-16(2)8-4-6-15-13(18)11-5-3-9-17-10-7-14-12(11)17/h3,5,7,9-10H,4,6,8H2,1-2H3,(H,15,18). The minimum Gasteiger partial charge on any atom is -0.352 e. The Morgan fingerprint density at radius 2 is 2.28 bits per heavy atom.